The van der Waals surface area contributed by atoms with Gasteiger partial charge in [0.15, 0.2) is 5.16 Å². The molecular formula is C20H24N4O5S3. The number of thioether (sulfide) groups is 2. The number of methoxy groups -OCH3 is 2. The zero-order valence-corrected chi connectivity index (χ0v) is 20.8. The van der Waals surface area contributed by atoms with Crippen LogP contribution in [0.2, 0.25) is 0 Å². The summed E-state index contributed by atoms with van der Waals surface area (Å²) < 4.78 is 37.1. The second kappa shape index (κ2) is 10.1. The molecule has 0 atom stereocenters. The van der Waals surface area contributed by atoms with Crippen LogP contribution in [-0.4, -0.2) is 80.4 Å². The van der Waals surface area contributed by atoms with E-state index in [1.807, 2.05) is 6.26 Å². The number of aromatic nitrogens is 2. The number of benzene rings is 1. The lowest BCUT2D eigenvalue weighted by molar-refractivity contribution is 0.0830. The van der Waals surface area contributed by atoms with Crippen molar-refractivity contribution >= 4 is 45.5 Å². The second-order valence-electron chi connectivity index (χ2n) is 6.76. The fraction of sp³-hybridized carbons (Fsp3) is 0.350. The first kappa shape index (κ1) is 24.4. The second-order valence-corrected chi connectivity index (χ2v) is 10.8. The number of rotatable bonds is 7. The van der Waals surface area contributed by atoms with Crippen LogP contribution in [0.5, 0.6) is 11.6 Å². The summed E-state index contributed by atoms with van der Waals surface area (Å²) >= 11 is 2.92. The van der Waals surface area contributed by atoms with Gasteiger partial charge in [-0.1, -0.05) is 11.8 Å². The van der Waals surface area contributed by atoms with E-state index in [-0.39, 0.29) is 22.1 Å². The molecule has 0 saturated carbocycles. The van der Waals surface area contributed by atoms with E-state index < -0.39 is 10.0 Å². The van der Waals surface area contributed by atoms with Crippen LogP contribution in [0.4, 0.5) is 0 Å². The van der Waals surface area contributed by atoms with E-state index >= 15 is 0 Å². The lowest BCUT2D eigenvalue weighted by Crippen LogP contribution is -2.28. The molecule has 1 fully saturated rings. The number of ether oxygens (including phenoxy) is 2. The standard InChI is InChI=1S/C20H24N4O5S3/c1-23(2)32(26,27)16-10-13(6-7-15(16)28-3)19(25)24-8-9-31-17(24)11-14-12-21-20(30-5)22-18(14)29-4/h6-7,10-12H,8-9H2,1-5H3/b17-11+. The minimum absolute atomic E-state index is 0.0593. The zero-order valence-electron chi connectivity index (χ0n) is 18.4. The number of nitrogens with zero attached hydrogens (tertiary/aromatic N) is 4. The molecule has 1 amide bonds. The van der Waals surface area contributed by atoms with Crippen LogP contribution in [0, 0.1) is 0 Å². The Balaban J connectivity index is 1.98. The Bertz CT molecular complexity index is 1150. The number of carbonyl (C=O) groups is 1. The summed E-state index contributed by atoms with van der Waals surface area (Å²) in [5, 5.41) is 1.30. The number of amides is 1. The topological polar surface area (TPSA) is 102 Å². The third-order valence-electron chi connectivity index (χ3n) is 4.66. The average Bonchev–Trinajstić information content (AvgIpc) is 3.26. The van der Waals surface area contributed by atoms with Gasteiger partial charge in [-0.05, 0) is 30.5 Å². The molecule has 2 heterocycles. The summed E-state index contributed by atoms with van der Waals surface area (Å²) in [4.78, 5) is 23.5. The summed E-state index contributed by atoms with van der Waals surface area (Å²) in [5.74, 6) is 1.00. The minimum atomic E-state index is -3.79. The maximum atomic E-state index is 13.3. The Hall–Kier alpha value is -2.28. The summed E-state index contributed by atoms with van der Waals surface area (Å²) in [6, 6.07) is 4.41. The Morgan fingerprint density at radius 3 is 2.66 bits per heavy atom. The fourth-order valence-corrected chi connectivity index (χ4v) is 5.40. The first-order valence-corrected chi connectivity index (χ1v) is 13.1. The van der Waals surface area contributed by atoms with Gasteiger partial charge in [-0.3, -0.25) is 4.79 Å². The number of carbonyl (C=O) groups excluding carboxylic acids is 1. The predicted octanol–water partition coefficient (Wildman–Crippen LogP) is 2.65. The first-order chi connectivity index (χ1) is 15.2. The highest BCUT2D eigenvalue weighted by molar-refractivity contribution is 8.03. The highest BCUT2D eigenvalue weighted by atomic mass is 32.2. The van der Waals surface area contributed by atoms with Crippen LogP contribution in [0.1, 0.15) is 15.9 Å². The molecule has 1 aromatic heterocycles. The molecule has 0 aliphatic carbocycles. The van der Waals surface area contributed by atoms with Gasteiger partial charge in [-0.2, -0.15) is 4.98 Å². The lowest BCUT2D eigenvalue weighted by atomic mass is 10.2. The summed E-state index contributed by atoms with van der Waals surface area (Å²) in [6.07, 6.45) is 5.33. The molecule has 3 rings (SSSR count). The minimum Gasteiger partial charge on any atom is -0.495 e. The van der Waals surface area contributed by atoms with Crippen molar-refractivity contribution in [3.63, 3.8) is 0 Å². The van der Waals surface area contributed by atoms with Gasteiger partial charge in [0.1, 0.15) is 10.6 Å². The van der Waals surface area contributed by atoms with Gasteiger partial charge in [-0.25, -0.2) is 17.7 Å². The van der Waals surface area contributed by atoms with Crippen LogP contribution in [0.15, 0.2) is 39.5 Å². The van der Waals surface area contributed by atoms with Crippen molar-refractivity contribution in [2.75, 3.05) is 46.9 Å². The van der Waals surface area contributed by atoms with Gasteiger partial charge < -0.3 is 14.4 Å². The third-order valence-corrected chi connectivity index (χ3v) is 8.08. The molecule has 1 aliphatic heterocycles. The monoisotopic (exact) mass is 496 g/mol. The van der Waals surface area contributed by atoms with Crippen LogP contribution in [0.3, 0.4) is 0 Å². The van der Waals surface area contributed by atoms with Crippen molar-refractivity contribution in [2.24, 2.45) is 0 Å². The van der Waals surface area contributed by atoms with Crippen molar-refractivity contribution < 1.29 is 22.7 Å². The maximum absolute atomic E-state index is 13.3. The quantitative estimate of drug-likeness (QED) is 0.423. The Morgan fingerprint density at radius 1 is 1.28 bits per heavy atom. The molecule has 172 valence electrons. The molecule has 1 saturated heterocycles. The van der Waals surface area contributed by atoms with Crippen molar-refractivity contribution in [1.29, 1.82) is 0 Å². The summed E-state index contributed by atoms with van der Waals surface area (Å²) in [5.41, 5.74) is 0.902. The molecule has 0 unspecified atom stereocenters. The third kappa shape index (κ3) is 4.87. The molecule has 12 heteroatoms. The molecular weight excluding hydrogens is 472 g/mol. The Labute approximate surface area is 196 Å². The van der Waals surface area contributed by atoms with Gasteiger partial charge >= 0.3 is 0 Å². The van der Waals surface area contributed by atoms with Gasteiger partial charge in [0.05, 0.1) is 24.8 Å². The molecule has 9 nitrogen and oxygen atoms in total. The normalized spacial score (nSPS) is 15.4. The Morgan fingerprint density at radius 2 is 2.03 bits per heavy atom. The van der Waals surface area contributed by atoms with Crippen molar-refractivity contribution in [2.45, 2.75) is 10.1 Å². The van der Waals surface area contributed by atoms with Crippen LogP contribution < -0.4 is 9.47 Å². The highest BCUT2D eigenvalue weighted by Crippen LogP contribution is 2.34. The number of hydrogen-bond acceptors (Lipinski definition) is 9. The molecule has 0 N–H and O–H groups in total. The van der Waals surface area contributed by atoms with Gasteiger partial charge in [0.2, 0.25) is 15.9 Å². The summed E-state index contributed by atoms with van der Waals surface area (Å²) in [7, 11) is 1.99. The van der Waals surface area contributed by atoms with Crippen LogP contribution in [-0.2, 0) is 10.0 Å². The molecule has 1 aliphatic rings. The maximum Gasteiger partial charge on any atom is 0.258 e. The van der Waals surface area contributed by atoms with E-state index in [1.54, 1.807) is 23.2 Å². The van der Waals surface area contributed by atoms with Crippen LogP contribution in [0.25, 0.3) is 6.08 Å². The van der Waals surface area contributed by atoms with E-state index in [2.05, 4.69) is 9.97 Å². The van der Waals surface area contributed by atoms with Gasteiger partial charge in [-0.15, -0.1) is 11.8 Å². The number of hydrogen-bond donors (Lipinski definition) is 0. The zero-order chi connectivity index (χ0) is 23.5. The fourth-order valence-electron chi connectivity index (χ4n) is 2.97. The molecule has 0 radical (unpaired) electrons. The van der Waals surface area contributed by atoms with Gasteiger partial charge in [0.25, 0.3) is 5.91 Å². The van der Waals surface area contributed by atoms with Crippen molar-refractivity contribution in [1.82, 2.24) is 19.2 Å². The lowest BCUT2D eigenvalue weighted by Gasteiger charge is -2.19. The van der Waals surface area contributed by atoms with E-state index in [0.29, 0.717) is 33.9 Å². The van der Waals surface area contributed by atoms with Gasteiger partial charge in [0, 0.05) is 38.2 Å². The predicted molar refractivity (Wildman–Crippen MR) is 126 cm³/mol. The van der Waals surface area contributed by atoms with E-state index in [0.717, 1.165) is 4.31 Å². The largest absolute Gasteiger partial charge is 0.495 e. The van der Waals surface area contributed by atoms with E-state index in [1.165, 1.54) is 64.0 Å². The smallest absolute Gasteiger partial charge is 0.258 e. The molecule has 1 aromatic carbocycles. The van der Waals surface area contributed by atoms with Crippen LogP contribution >= 0.6 is 23.5 Å². The van der Waals surface area contributed by atoms with Crippen molar-refractivity contribution in [3.05, 3.63) is 40.6 Å². The van der Waals surface area contributed by atoms with Crippen molar-refractivity contribution in [3.8, 4) is 11.6 Å². The summed E-state index contributed by atoms with van der Waals surface area (Å²) in [6.45, 7) is 0.489. The van der Waals surface area contributed by atoms with E-state index in [4.69, 9.17) is 9.47 Å². The average molecular weight is 497 g/mol. The number of sulfonamides is 1. The molecule has 2 aromatic rings. The molecule has 0 bridgehead atoms. The SMILES string of the molecule is COc1ccc(C(=O)N2CCS/C2=C/c2cnc(SC)nc2OC)cc1S(=O)(=O)N(C)C. The Kier molecular flexibility index (Phi) is 7.70. The molecule has 32 heavy (non-hydrogen) atoms. The molecule has 0 spiro atoms. The first-order valence-electron chi connectivity index (χ1n) is 9.45. The van der Waals surface area contributed by atoms with E-state index in [9.17, 15) is 13.2 Å². The highest BCUT2D eigenvalue weighted by Gasteiger charge is 2.29.